The Morgan fingerprint density at radius 3 is 2.75 bits per heavy atom. The number of amides is 1. The number of nitrogens with one attached hydrogen (secondary N) is 1. The first kappa shape index (κ1) is 13.7. The summed E-state index contributed by atoms with van der Waals surface area (Å²) in [5.74, 6) is 5.69. The Morgan fingerprint density at radius 2 is 2.05 bits per heavy atom. The molecular formula is C15H14N4O. The van der Waals surface area contributed by atoms with Crippen LogP contribution in [-0.2, 0) is 0 Å². The lowest BCUT2D eigenvalue weighted by Crippen LogP contribution is -2.14. The summed E-state index contributed by atoms with van der Waals surface area (Å²) < 4.78 is 0. The van der Waals surface area contributed by atoms with E-state index in [2.05, 4.69) is 27.1 Å². The third kappa shape index (κ3) is 3.64. The zero-order valence-corrected chi connectivity index (χ0v) is 11.1. The van der Waals surface area contributed by atoms with Crippen LogP contribution in [0.5, 0.6) is 0 Å². The largest absolute Gasteiger partial charge is 0.320 e. The van der Waals surface area contributed by atoms with Crippen molar-refractivity contribution < 1.29 is 4.79 Å². The molecule has 3 N–H and O–H groups in total. The number of carbonyl (C=O) groups is 1. The molecule has 0 aliphatic carbocycles. The van der Waals surface area contributed by atoms with Gasteiger partial charge in [-0.15, -0.1) is 0 Å². The summed E-state index contributed by atoms with van der Waals surface area (Å²) in [6.45, 7) is 2.19. The summed E-state index contributed by atoms with van der Waals surface area (Å²) in [7, 11) is 0. The maximum Gasteiger partial charge on any atom is 0.258 e. The van der Waals surface area contributed by atoms with E-state index in [9.17, 15) is 4.79 Å². The van der Waals surface area contributed by atoms with E-state index >= 15 is 0 Å². The number of rotatable bonds is 2. The molecule has 0 aliphatic heterocycles. The molecule has 2 rings (SSSR count). The average molecular weight is 266 g/mol. The van der Waals surface area contributed by atoms with E-state index < -0.39 is 0 Å². The van der Waals surface area contributed by atoms with Crippen molar-refractivity contribution in [2.24, 2.45) is 5.73 Å². The fourth-order valence-electron chi connectivity index (χ4n) is 1.68. The van der Waals surface area contributed by atoms with Crippen LogP contribution in [0, 0.1) is 18.8 Å². The fourth-order valence-corrected chi connectivity index (χ4v) is 1.68. The van der Waals surface area contributed by atoms with Crippen molar-refractivity contribution in [1.29, 1.82) is 0 Å². The van der Waals surface area contributed by atoms with Gasteiger partial charge in [-0.25, -0.2) is 9.97 Å². The highest BCUT2D eigenvalue weighted by molar-refractivity contribution is 6.03. The fraction of sp³-hybridized carbons (Fsp3) is 0.133. The van der Waals surface area contributed by atoms with Gasteiger partial charge < -0.3 is 5.73 Å². The van der Waals surface area contributed by atoms with E-state index in [0.717, 1.165) is 11.1 Å². The van der Waals surface area contributed by atoms with Gasteiger partial charge in [-0.2, -0.15) is 0 Å². The maximum atomic E-state index is 12.1. The maximum absolute atomic E-state index is 12.1. The third-order valence-corrected chi connectivity index (χ3v) is 2.47. The summed E-state index contributed by atoms with van der Waals surface area (Å²) in [5, 5.41) is 2.63. The van der Waals surface area contributed by atoms with E-state index in [1.807, 2.05) is 13.0 Å². The molecule has 0 unspecified atom stereocenters. The molecule has 1 aromatic carbocycles. The molecule has 0 spiro atoms. The number of nitrogens with two attached hydrogens (primary N) is 1. The molecule has 1 amide bonds. The molecule has 0 radical (unpaired) electrons. The first-order chi connectivity index (χ1) is 9.69. The molecule has 100 valence electrons. The quantitative estimate of drug-likeness (QED) is 0.804. The molecule has 1 aromatic heterocycles. The van der Waals surface area contributed by atoms with Crippen molar-refractivity contribution in [3.8, 4) is 11.8 Å². The zero-order valence-electron chi connectivity index (χ0n) is 11.1. The normalized spacial score (nSPS) is 9.50. The van der Waals surface area contributed by atoms with Crippen LogP contribution in [0.4, 0.5) is 5.95 Å². The summed E-state index contributed by atoms with van der Waals surface area (Å²) in [5.41, 5.74) is 7.57. The van der Waals surface area contributed by atoms with Gasteiger partial charge in [0.05, 0.1) is 6.54 Å². The van der Waals surface area contributed by atoms with Crippen LogP contribution in [0.3, 0.4) is 0 Å². The number of benzene rings is 1. The Hall–Kier alpha value is -2.71. The average Bonchev–Trinajstić information content (AvgIpc) is 2.45. The Morgan fingerprint density at radius 1 is 1.30 bits per heavy atom. The summed E-state index contributed by atoms with van der Waals surface area (Å²) in [4.78, 5) is 20.0. The summed E-state index contributed by atoms with van der Waals surface area (Å²) in [6.07, 6.45) is 3.13. The Labute approximate surface area is 117 Å². The molecule has 0 saturated heterocycles. The highest BCUT2D eigenvalue weighted by Gasteiger charge is 2.08. The predicted octanol–water partition coefficient (Wildman–Crippen LogP) is 1.35. The number of carbonyl (C=O) groups excluding carboxylic acids is 1. The second kappa shape index (κ2) is 6.45. The van der Waals surface area contributed by atoms with Crippen LogP contribution in [0.1, 0.15) is 21.5 Å². The van der Waals surface area contributed by atoms with E-state index in [-0.39, 0.29) is 18.4 Å². The Balaban J connectivity index is 2.23. The standard InChI is InChI=1S/C15H14N4O/c1-11-8-12(4-2-5-16)10-13(9-11)14(20)19-15-17-6-3-7-18-15/h3,6-10H,5,16H2,1H3,(H,17,18,19,20). The van der Waals surface area contributed by atoms with Crippen molar-refractivity contribution in [1.82, 2.24) is 9.97 Å². The van der Waals surface area contributed by atoms with E-state index in [4.69, 9.17) is 5.73 Å². The number of anilines is 1. The Bertz CT molecular complexity index is 671. The molecule has 0 fully saturated rings. The first-order valence-corrected chi connectivity index (χ1v) is 6.08. The molecule has 1 heterocycles. The summed E-state index contributed by atoms with van der Waals surface area (Å²) >= 11 is 0. The van der Waals surface area contributed by atoms with E-state index in [0.29, 0.717) is 5.56 Å². The minimum absolute atomic E-state index is 0.268. The van der Waals surface area contributed by atoms with Crippen molar-refractivity contribution in [2.45, 2.75) is 6.92 Å². The number of hydrogen-bond donors (Lipinski definition) is 2. The molecule has 2 aromatic rings. The molecule has 0 atom stereocenters. The first-order valence-electron chi connectivity index (χ1n) is 6.08. The van der Waals surface area contributed by atoms with Crippen LogP contribution >= 0.6 is 0 Å². The minimum atomic E-state index is -0.268. The van der Waals surface area contributed by atoms with Crippen LogP contribution in [0.25, 0.3) is 0 Å². The van der Waals surface area contributed by atoms with E-state index in [1.54, 1.807) is 30.6 Å². The van der Waals surface area contributed by atoms with Crippen LogP contribution in [-0.4, -0.2) is 22.4 Å². The number of hydrogen-bond acceptors (Lipinski definition) is 4. The van der Waals surface area contributed by atoms with Gasteiger partial charge in [0.1, 0.15) is 0 Å². The lowest BCUT2D eigenvalue weighted by atomic mass is 10.1. The van der Waals surface area contributed by atoms with Gasteiger partial charge in [-0.05, 0) is 36.8 Å². The van der Waals surface area contributed by atoms with Gasteiger partial charge in [0.15, 0.2) is 0 Å². The van der Waals surface area contributed by atoms with Crippen molar-refractivity contribution >= 4 is 11.9 Å². The van der Waals surface area contributed by atoms with Crippen molar-refractivity contribution in [2.75, 3.05) is 11.9 Å². The van der Waals surface area contributed by atoms with Crippen LogP contribution in [0.2, 0.25) is 0 Å². The van der Waals surface area contributed by atoms with Crippen LogP contribution in [0.15, 0.2) is 36.7 Å². The minimum Gasteiger partial charge on any atom is -0.320 e. The third-order valence-electron chi connectivity index (χ3n) is 2.47. The van der Waals surface area contributed by atoms with E-state index in [1.165, 1.54) is 0 Å². The highest BCUT2D eigenvalue weighted by atomic mass is 16.1. The lowest BCUT2D eigenvalue weighted by molar-refractivity contribution is 0.102. The van der Waals surface area contributed by atoms with Gasteiger partial charge in [-0.1, -0.05) is 11.8 Å². The highest BCUT2D eigenvalue weighted by Crippen LogP contribution is 2.10. The van der Waals surface area contributed by atoms with Crippen molar-refractivity contribution in [3.63, 3.8) is 0 Å². The van der Waals surface area contributed by atoms with Gasteiger partial charge in [-0.3, -0.25) is 10.1 Å². The van der Waals surface area contributed by atoms with Gasteiger partial charge in [0.2, 0.25) is 5.95 Å². The monoisotopic (exact) mass is 266 g/mol. The number of aryl methyl sites for hydroxylation is 1. The zero-order chi connectivity index (χ0) is 14.4. The molecule has 20 heavy (non-hydrogen) atoms. The molecule has 5 nitrogen and oxygen atoms in total. The molecule has 0 saturated carbocycles. The lowest BCUT2D eigenvalue weighted by Gasteiger charge is -2.05. The smallest absolute Gasteiger partial charge is 0.258 e. The van der Waals surface area contributed by atoms with Gasteiger partial charge in [0.25, 0.3) is 5.91 Å². The van der Waals surface area contributed by atoms with Crippen molar-refractivity contribution in [3.05, 3.63) is 53.3 Å². The second-order valence-electron chi connectivity index (χ2n) is 4.12. The van der Waals surface area contributed by atoms with Gasteiger partial charge in [0, 0.05) is 23.5 Å². The predicted molar refractivity (Wildman–Crippen MR) is 77.1 cm³/mol. The second-order valence-corrected chi connectivity index (χ2v) is 4.12. The van der Waals surface area contributed by atoms with Crippen LogP contribution < -0.4 is 11.1 Å². The molecule has 0 bridgehead atoms. The molecule has 5 heteroatoms. The number of aromatic nitrogens is 2. The Kier molecular flexibility index (Phi) is 4.43. The SMILES string of the molecule is Cc1cc(C#CCN)cc(C(=O)Nc2ncccn2)c1. The number of nitrogens with zero attached hydrogens (tertiary/aromatic N) is 2. The topological polar surface area (TPSA) is 80.9 Å². The summed E-state index contributed by atoms with van der Waals surface area (Å²) in [6, 6.07) is 7.08. The molecule has 0 aliphatic rings. The molecular weight excluding hydrogens is 252 g/mol. The van der Waals surface area contributed by atoms with Gasteiger partial charge >= 0.3 is 0 Å².